The van der Waals surface area contributed by atoms with E-state index in [1.807, 2.05) is 38.1 Å². The van der Waals surface area contributed by atoms with Crippen LogP contribution in [-0.4, -0.2) is 30.2 Å². The van der Waals surface area contributed by atoms with Gasteiger partial charge in [0.15, 0.2) is 0 Å². The molecule has 3 aromatic rings. The number of fused-ring (bicyclic) bond motifs is 3. The number of hydrogen-bond acceptors (Lipinski definition) is 4. The highest BCUT2D eigenvalue weighted by atomic mass is 35.5. The van der Waals surface area contributed by atoms with E-state index in [2.05, 4.69) is 0 Å². The largest absolute Gasteiger partial charge is 0.493 e. The molecule has 6 nitrogen and oxygen atoms in total. The second-order valence-corrected chi connectivity index (χ2v) is 8.43. The molecule has 1 aliphatic heterocycles. The van der Waals surface area contributed by atoms with Gasteiger partial charge in [-0.25, -0.2) is 0 Å². The van der Waals surface area contributed by atoms with Crippen LogP contribution < -0.4 is 14.4 Å². The van der Waals surface area contributed by atoms with Gasteiger partial charge in [-0.2, -0.15) is 0 Å². The van der Waals surface area contributed by atoms with Gasteiger partial charge in [-0.05, 0) is 48.1 Å². The molecule has 0 fully saturated rings. The van der Waals surface area contributed by atoms with E-state index in [0.717, 1.165) is 29.2 Å². The number of anilines is 1. The van der Waals surface area contributed by atoms with Crippen LogP contribution in [0.4, 0.5) is 5.69 Å². The molecule has 1 N–H and O–H groups in total. The molecule has 172 valence electrons. The molecule has 0 saturated carbocycles. The van der Waals surface area contributed by atoms with Crippen LogP contribution in [0.3, 0.4) is 0 Å². The molecule has 0 unspecified atom stereocenters. The van der Waals surface area contributed by atoms with Gasteiger partial charge in [-0.15, -0.1) is 0 Å². The zero-order chi connectivity index (χ0) is 23.5. The van der Waals surface area contributed by atoms with Crippen molar-refractivity contribution in [1.82, 2.24) is 0 Å². The number of carbonyl (C=O) groups is 2. The Labute approximate surface area is 197 Å². The van der Waals surface area contributed by atoms with E-state index in [9.17, 15) is 9.59 Å². The number of hydrogen-bond donors (Lipinski definition) is 1. The Hall–Kier alpha value is -3.25. The van der Waals surface area contributed by atoms with Gasteiger partial charge >= 0.3 is 5.97 Å². The molecule has 7 heteroatoms. The standard InChI is InChI=1S/C26H26ClNO5/c1-3-10-32-21-7-5-6-17-14-22(33-11-4-2)18-15-28(26(31)25(18)24(17)21)20-9-8-16(12-19(20)27)13-23(29)30/h5-9,12,14H,3-4,10-11,13,15H2,1-2H3,(H,29,30). The zero-order valence-corrected chi connectivity index (χ0v) is 19.4. The lowest BCUT2D eigenvalue weighted by atomic mass is 9.98. The van der Waals surface area contributed by atoms with Crippen molar-refractivity contribution in [2.45, 2.75) is 39.7 Å². The SMILES string of the molecule is CCCOc1cc2cccc(OCCC)c2c2c1CN(c1ccc(CC(=O)O)cc1Cl)C2=O. The van der Waals surface area contributed by atoms with Crippen molar-refractivity contribution in [2.75, 3.05) is 18.1 Å². The van der Waals surface area contributed by atoms with Crippen LogP contribution >= 0.6 is 11.6 Å². The first-order valence-corrected chi connectivity index (χ1v) is 11.5. The Morgan fingerprint density at radius 1 is 1.06 bits per heavy atom. The normalized spacial score (nSPS) is 12.8. The monoisotopic (exact) mass is 467 g/mol. The first-order chi connectivity index (χ1) is 15.9. The summed E-state index contributed by atoms with van der Waals surface area (Å²) in [7, 11) is 0. The maximum absolute atomic E-state index is 13.7. The highest BCUT2D eigenvalue weighted by Crippen LogP contribution is 2.43. The minimum Gasteiger partial charge on any atom is -0.493 e. The molecule has 0 atom stereocenters. The predicted molar refractivity (Wildman–Crippen MR) is 129 cm³/mol. The molecule has 4 rings (SSSR count). The van der Waals surface area contributed by atoms with Crippen LogP contribution in [-0.2, 0) is 17.8 Å². The Kier molecular flexibility index (Phi) is 6.75. The maximum Gasteiger partial charge on any atom is 0.307 e. The minimum atomic E-state index is -0.938. The van der Waals surface area contributed by atoms with Gasteiger partial charge in [-0.1, -0.05) is 43.6 Å². The summed E-state index contributed by atoms with van der Waals surface area (Å²) in [6.45, 7) is 5.48. The summed E-state index contributed by atoms with van der Waals surface area (Å²) < 4.78 is 12.0. The van der Waals surface area contributed by atoms with Crippen molar-refractivity contribution in [3.63, 3.8) is 0 Å². The van der Waals surface area contributed by atoms with E-state index in [1.165, 1.54) is 0 Å². The predicted octanol–water partition coefficient (Wildman–Crippen LogP) is 5.86. The molecule has 1 amide bonds. The molecule has 0 radical (unpaired) electrons. The fraction of sp³-hybridized carbons (Fsp3) is 0.308. The number of ether oxygens (including phenoxy) is 2. The first kappa shape index (κ1) is 22.9. The number of nitrogens with zero attached hydrogens (tertiary/aromatic N) is 1. The summed E-state index contributed by atoms with van der Waals surface area (Å²) in [6, 6.07) is 12.7. The van der Waals surface area contributed by atoms with Crippen LogP contribution in [0.25, 0.3) is 10.8 Å². The maximum atomic E-state index is 13.7. The zero-order valence-electron chi connectivity index (χ0n) is 18.7. The van der Waals surface area contributed by atoms with Crippen LogP contribution in [0.1, 0.15) is 48.2 Å². The van der Waals surface area contributed by atoms with Crippen LogP contribution in [0.5, 0.6) is 11.5 Å². The number of carbonyl (C=O) groups excluding carboxylic acids is 1. The van der Waals surface area contributed by atoms with Crippen molar-refractivity contribution in [1.29, 1.82) is 0 Å². The van der Waals surface area contributed by atoms with E-state index in [-0.39, 0.29) is 12.3 Å². The lowest BCUT2D eigenvalue weighted by Gasteiger charge is -2.18. The summed E-state index contributed by atoms with van der Waals surface area (Å²) in [5, 5.41) is 11.0. The molecule has 0 aromatic heterocycles. The fourth-order valence-electron chi connectivity index (χ4n) is 4.12. The quantitative estimate of drug-likeness (QED) is 0.426. The second-order valence-electron chi connectivity index (χ2n) is 8.03. The van der Waals surface area contributed by atoms with E-state index in [1.54, 1.807) is 23.1 Å². The van der Waals surface area contributed by atoms with Gasteiger partial charge < -0.3 is 19.5 Å². The van der Waals surface area contributed by atoms with E-state index in [4.69, 9.17) is 26.2 Å². The van der Waals surface area contributed by atoms with Crippen molar-refractivity contribution < 1.29 is 24.2 Å². The van der Waals surface area contributed by atoms with Gasteiger partial charge in [0.25, 0.3) is 5.91 Å². The van der Waals surface area contributed by atoms with Gasteiger partial charge in [0.2, 0.25) is 0 Å². The van der Waals surface area contributed by atoms with Crippen molar-refractivity contribution in [2.24, 2.45) is 0 Å². The van der Waals surface area contributed by atoms with Gasteiger partial charge in [0.1, 0.15) is 11.5 Å². The van der Waals surface area contributed by atoms with E-state index >= 15 is 0 Å². The second kappa shape index (κ2) is 9.71. The van der Waals surface area contributed by atoms with Gasteiger partial charge in [0.05, 0.1) is 42.5 Å². The minimum absolute atomic E-state index is 0.133. The van der Waals surface area contributed by atoms with Crippen LogP contribution in [0.2, 0.25) is 5.02 Å². The van der Waals surface area contributed by atoms with E-state index in [0.29, 0.717) is 53.1 Å². The summed E-state index contributed by atoms with van der Waals surface area (Å²) in [5.41, 5.74) is 2.48. The summed E-state index contributed by atoms with van der Waals surface area (Å²) in [5.74, 6) is 0.233. The fourth-order valence-corrected chi connectivity index (χ4v) is 4.42. The lowest BCUT2D eigenvalue weighted by molar-refractivity contribution is -0.136. The van der Waals surface area contributed by atoms with Gasteiger partial charge in [0, 0.05) is 10.9 Å². The highest BCUT2D eigenvalue weighted by molar-refractivity contribution is 6.34. The molecular formula is C26H26ClNO5. The Bertz CT molecular complexity index is 1220. The number of carboxylic acid groups (broad SMARTS) is 1. The Morgan fingerprint density at radius 3 is 2.45 bits per heavy atom. The van der Waals surface area contributed by atoms with Crippen molar-refractivity contribution in [3.8, 4) is 11.5 Å². The Morgan fingerprint density at radius 2 is 1.79 bits per heavy atom. The highest BCUT2D eigenvalue weighted by Gasteiger charge is 2.35. The molecular weight excluding hydrogens is 442 g/mol. The average Bonchev–Trinajstić information content (AvgIpc) is 3.12. The molecule has 33 heavy (non-hydrogen) atoms. The third-order valence-electron chi connectivity index (χ3n) is 5.55. The number of benzene rings is 3. The number of amides is 1. The molecule has 3 aromatic carbocycles. The molecule has 0 aliphatic carbocycles. The number of aliphatic carboxylic acids is 1. The molecule has 0 bridgehead atoms. The van der Waals surface area contributed by atoms with Gasteiger partial charge in [-0.3, -0.25) is 9.59 Å². The molecule has 0 saturated heterocycles. The third kappa shape index (κ3) is 4.48. The molecule has 1 aliphatic rings. The Balaban J connectivity index is 1.83. The number of carboxylic acids is 1. The van der Waals surface area contributed by atoms with Crippen molar-refractivity contribution >= 4 is 39.9 Å². The van der Waals surface area contributed by atoms with Crippen LogP contribution in [0, 0.1) is 0 Å². The van der Waals surface area contributed by atoms with Crippen LogP contribution in [0.15, 0.2) is 42.5 Å². The smallest absolute Gasteiger partial charge is 0.307 e. The first-order valence-electron chi connectivity index (χ1n) is 11.1. The molecule has 0 spiro atoms. The topological polar surface area (TPSA) is 76.1 Å². The number of halogens is 1. The summed E-state index contributed by atoms with van der Waals surface area (Å²) in [6.07, 6.45) is 1.57. The summed E-state index contributed by atoms with van der Waals surface area (Å²) >= 11 is 6.50. The number of rotatable bonds is 9. The van der Waals surface area contributed by atoms with E-state index < -0.39 is 5.97 Å². The summed E-state index contributed by atoms with van der Waals surface area (Å²) in [4.78, 5) is 26.4. The third-order valence-corrected chi connectivity index (χ3v) is 5.85. The molecule has 1 heterocycles. The van der Waals surface area contributed by atoms with Crippen molar-refractivity contribution in [3.05, 3.63) is 64.2 Å². The lowest BCUT2D eigenvalue weighted by Crippen LogP contribution is -2.23. The average molecular weight is 468 g/mol.